The number of hydrogen-bond acceptors (Lipinski definition) is 4. The van der Waals surface area contributed by atoms with Crippen LogP contribution in [0.5, 0.6) is 5.75 Å². The number of nitrogen functional groups attached to an aromatic ring is 1. The summed E-state index contributed by atoms with van der Waals surface area (Å²) < 4.78 is 6.92. The molecule has 94 valence electrons. The molecule has 0 unspecified atom stereocenters. The first kappa shape index (κ1) is 12.0. The number of carbonyl (C=O) groups excluding carboxylic acids is 1. The molecule has 0 atom stereocenters. The van der Waals surface area contributed by atoms with Crippen molar-refractivity contribution >= 4 is 11.6 Å². The third kappa shape index (κ3) is 2.42. The van der Waals surface area contributed by atoms with Crippen LogP contribution < -0.4 is 16.2 Å². The number of ether oxygens (including phenoxy) is 1. The molecule has 0 saturated heterocycles. The first-order valence-corrected chi connectivity index (χ1v) is 5.48. The van der Waals surface area contributed by atoms with Gasteiger partial charge in [-0.2, -0.15) is 5.10 Å². The molecule has 0 aliphatic carbocycles. The first-order chi connectivity index (χ1) is 8.60. The number of nitrogens with zero attached hydrogens (tertiary/aromatic N) is 2. The lowest BCUT2D eigenvalue weighted by molar-refractivity contribution is 0.100. The second-order valence-electron chi connectivity index (χ2n) is 3.73. The molecule has 0 spiro atoms. The normalized spacial score (nSPS) is 10.3. The molecule has 1 aromatic carbocycles. The summed E-state index contributed by atoms with van der Waals surface area (Å²) in [6.45, 7) is 2.44. The average molecular weight is 246 g/mol. The minimum Gasteiger partial charge on any atom is -0.494 e. The Morgan fingerprint density at radius 1 is 1.44 bits per heavy atom. The van der Waals surface area contributed by atoms with Crippen LogP contribution in [0.15, 0.2) is 30.6 Å². The molecule has 0 fully saturated rings. The van der Waals surface area contributed by atoms with Crippen LogP contribution in [0.25, 0.3) is 5.69 Å². The predicted molar refractivity (Wildman–Crippen MR) is 67.7 cm³/mol. The lowest BCUT2D eigenvalue weighted by Crippen LogP contribution is -2.09. The fraction of sp³-hybridized carbons (Fsp3) is 0.167. The van der Waals surface area contributed by atoms with E-state index in [1.54, 1.807) is 24.4 Å². The van der Waals surface area contributed by atoms with Crippen molar-refractivity contribution in [3.8, 4) is 11.4 Å². The van der Waals surface area contributed by atoms with Crippen LogP contribution in [-0.2, 0) is 0 Å². The van der Waals surface area contributed by atoms with Crippen molar-refractivity contribution in [2.45, 2.75) is 6.92 Å². The van der Waals surface area contributed by atoms with Crippen LogP contribution in [-0.4, -0.2) is 22.3 Å². The molecule has 1 heterocycles. The molecule has 0 aliphatic heterocycles. The van der Waals surface area contributed by atoms with Crippen molar-refractivity contribution in [3.63, 3.8) is 0 Å². The second-order valence-corrected chi connectivity index (χ2v) is 3.73. The molecule has 0 radical (unpaired) electrons. The number of benzene rings is 1. The van der Waals surface area contributed by atoms with Crippen LogP contribution >= 0.6 is 0 Å². The van der Waals surface area contributed by atoms with Gasteiger partial charge in [0.05, 0.1) is 24.1 Å². The zero-order chi connectivity index (χ0) is 13.1. The molecule has 18 heavy (non-hydrogen) atoms. The van der Waals surface area contributed by atoms with Crippen LogP contribution in [0, 0.1) is 0 Å². The average Bonchev–Trinajstić information content (AvgIpc) is 2.78. The standard InChI is InChI=1S/C12H14N4O2/c1-2-18-11-4-9(13)3-10(5-11)16-7-8(6-15-16)12(14)17/h3-7H,2,13H2,1H3,(H2,14,17). The van der Waals surface area contributed by atoms with Gasteiger partial charge >= 0.3 is 0 Å². The third-order valence-electron chi connectivity index (χ3n) is 2.36. The largest absolute Gasteiger partial charge is 0.494 e. The highest BCUT2D eigenvalue weighted by molar-refractivity contribution is 5.92. The van der Waals surface area contributed by atoms with Crippen LogP contribution in [0.3, 0.4) is 0 Å². The molecular weight excluding hydrogens is 232 g/mol. The summed E-state index contributed by atoms with van der Waals surface area (Å²) in [6.07, 6.45) is 2.96. The maximum absolute atomic E-state index is 11.0. The van der Waals surface area contributed by atoms with Gasteiger partial charge in [0.25, 0.3) is 5.91 Å². The van der Waals surface area contributed by atoms with E-state index < -0.39 is 5.91 Å². The van der Waals surface area contributed by atoms with E-state index in [4.69, 9.17) is 16.2 Å². The van der Waals surface area contributed by atoms with Gasteiger partial charge in [0.2, 0.25) is 0 Å². The minimum atomic E-state index is -0.518. The van der Waals surface area contributed by atoms with Gasteiger partial charge in [-0.15, -0.1) is 0 Å². The first-order valence-electron chi connectivity index (χ1n) is 5.48. The summed E-state index contributed by atoms with van der Waals surface area (Å²) in [5.41, 5.74) is 12.6. The van der Waals surface area contributed by atoms with E-state index in [0.717, 1.165) is 0 Å². The number of hydrogen-bond donors (Lipinski definition) is 2. The van der Waals surface area contributed by atoms with Crippen molar-refractivity contribution < 1.29 is 9.53 Å². The van der Waals surface area contributed by atoms with Crippen molar-refractivity contribution in [1.29, 1.82) is 0 Å². The van der Waals surface area contributed by atoms with Gasteiger partial charge in [-0.1, -0.05) is 0 Å². The Balaban J connectivity index is 2.39. The molecule has 6 heteroatoms. The van der Waals surface area contributed by atoms with Crippen molar-refractivity contribution in [2.75, 3.05) is 12.3 Å². The Bertz CT molecular complexity index is 577. The molecular formula is C12H14N4O2. The van der Waals surface area contributed by atoms with Gasteiger partial charge in [0.1, 0.15) is 5.75 Å². The zero-order valence-electron chi connectivity index (χ0n) is 9.96. The second kappa shape index (κ2) is 4.79. The maximum Gasteiger partial charge on any atom is 0.251 e. The fourth-order valence-electron chi connectivity index (χ4n) is 1.58. The molecule has 0 bridgehead atoms. The number of nitrogens with two attached hydrogens (primary N) is 2. The van der Waals surface area contributed by atoms with E-state index in [9.17, 15) is 4.79 Å². The predicted octanol–water partition coefficient (Wildman–Crippen LogP) is 0.952. The Hall–Kier alpha value is -2.50. The van der Waals surface area contributed by atoms with Gasteiger partial charge < -0.3 is 16.2 Å². The van der Waals surface area contributed by atoms with Crippen molar-refractivity contribution in [2.24, 2.45) is 5.73 Å². The fourth-order valence-corrected chi connectivity index (χ4v) is 1.58. The molecule has 6 nitrogen and oxygen atoms in total. The highest BCUT2D eigenvalue weighted by atomic mass is 16.5. The number of rotatable bonds is 4. The number of amides is 1. The van der Waals surface area contributed by atoms with Crippen LogP contribution in [0.1, 0.15) is 17.3 Å². The monoisotopic (exact) mass is 246 g/mol. The molecule has 1 aromatic heterocycles. The lowest BCUT2D eigenvalue weighted by atomic mass is 10.2. The lowest BCUT2D eigenvalue weighted by Gasteiger charge is -2.08. The zero-order valence-corrected chi connectivity index (χ0v) is 9.96. The van der Waals surface area contributed by atoms with Crippen LogP contribution in [0.4, 0.5) is 5.69 Å². The van der Waals surface area contributed by atoms with E-state index in [2.05, 4.69) is 5.10 Å². The SMILES string of the molecule is CCOc1cc(N)cc(-n2cc(C(N)=O)cn2)c1. The molecule has 2 aromatic rings. The third-order valence-corrected chi connectivity index (χ3v) is 2.36. The summed E-state index contributed by atoms with van der Waals surface area (Å²) in [7, 11) is 0. The smallest absolute Gasteiger partial charge is 0.251 e. The van der Waals surface area contributed by atoms with Gasteiger partial charge in [0, 0.05) is 24.0 Å². The molecule has 0 saturated carbocycles. The van der Waals surface area contributed by atoms with Crippen molar-refractivity contribution in [1.82, 2.24) is 9.78 Å². The number of aromatic nitrogens is 2. The number of anilines is 1. The molecule has 4 N–H and O–H groups in total. The van der Waals surface area contributed by atoms with E-state index >= 15 is 0 Å². The van der Waals surface area contributed by atoms with Gasteiger partial charge in [0.15, 0.2) is 0 Å². The number of primary amides is 1. The Morgan fingerprint density at radius 3 is 2.83 bits per heavy atom. The van der Waals surface area contributed by atoms with Gasteiger partial charge in [-0.3, -0.25) is 4.79 Å². The number of carbonyl (C=O) groups is 1. The summed E-state index contributed by atoms with van der Waals surface area (Å²) in [6, 6.07) is 5.25. The summed E-state index contributed by atoms with van der Waals surface area (Å²) in [5, 5.41) is 4.05. The van der Waals surface area contributed by atoms with Crippen molar-refractivity contribution in [3.05, 3.63) is 36.2 Å². The molecule has 1 amide bonds. The van der Waals surface area contributed by atoms with E-state index in [-0.39, 0.29) is 0 Å². The van der Waals surface area contributed by atoms with E-state index in [1.807, 2.05) is 6.92 Å². The quantitative estimate of drug-likeness (QED) is 0.785. The van der Waals surface area contributed by atoms with Crippen LogP contribution in [0.2, 0.25) is 0 Å². The maximum atomic E-state index is 11.0. The topological polar surface area (TPSA) is 96.2 Å². The van der Waals surface area contributed by atoms with E-state index in [0.29, 0.717) is 29.3 Å². The summed E-state index contributed by atoms with van der Waals surface area (Å²) >= 11 is 0. The summed E-state index contributed by atoms with van der Waals surface area (Å²) in [4.78, 5) is 11.0. The Labute approximate surface area is 104 Å². The Kier molecular flexibility index (Phi) is 3.18. The highest BCUT2D eigenvalue weighted by Gasteiger charge is 2.07. The molecule has 0 aliphatic rings. The minimum absolute atomic E-state index is 0.343. The summed E-state index contributed by atoms with van der Waals surface area (Å²) in [5.74, 6) is 0.138. The van der Waals surface area contributed by atoms with E-state index in [1.165, 1.54) is 10.9 Å². The molecule has 2 rings (SSSR count). The highest BCUT2D eigenvalue weighted by Crippen LogP contribution is 2.21. The van der Waals surface area contributed by atoms with Gasteiger partial charge in [-0.25, -0.2) is 4.68 Å². The van der Waals surface area contributed by atoms with Gasteiger partial charge in [-0.05, 0) is 13.0 Å². The Morgan fingerprint density at radius 2 is 2.22 bits per heavy atom.